The first-order chi connectivity index (χ1) is 9.54. The lowest BCUT2D eigenvalue weighted by atomic mass is 10.0. The average molecular weight is 286 g/mol. The third kappa shape index (κ3) is 8.74. The minimum atomic E-state index is -0.0135. The molecule has 1 amide bonds. The van der Waals surface area contributed by atoms with Gasteiger partial charge in [0.2, 0.25) is 5.91 Å². The van der Waals surface area contributed by atoms with Crippen molar-refractivity contribution in [3.8, 4) is 0 Å². The largest absolute Gasteiger partial charge is 0.383 e. The molecule has 0 atom stereocenters. The maximum Gasteiger partial charge on any atom is 0.243 e. The van der Waals surface area contributed by atoms with Gasteiger partial charge in [-0.3, -0.25) is 4.79 Å². The molecular weight excluding hydrogens is 256 g/mol. The van der Waals surface area contributed by atoms with Gasteiger partial charge >= 0.3 is 0 Å². The van der Waals surface area contributed by atoms with E-state index in [4.69, 9.17) is 4.74 Å². The zero-order valence-electron chi connectivity index (χ0n) is 13.5. The molecule has 0 saturated heterocycles. The van der Waals surface area contributed by atoms with Crippen LogP contribution in [-0.4, -0.2) is 64.2 Å². The van der Waals surface area contributed by atoms with Gasteiger partial charge in [0.15, 0.2) is 5.96 Å². The van der Waals surface area contributed by atoms with E-state index < -0.39 is 0 Å². The van der Waals surface area contributed by atoms with Crippen molar-refractivity contribution in [2.24, 2.45) is 10.9 Å². The van der Waals surface area contributed by atoms with Crippen molar-refractivity contribution in [2.45, 2.75) is 26.7 Å². The van der Waals surface area contributed by atoms with Crippen molar-refractivity contribution in [3.63, 3.8) is 0 Å². The molecule has 0 aliphatic heterocycles. The number of aliphatic imine (C=N–C) groups is 1. The van der Waals surface area contributed by atoms with Crippen LogP contribution in [0, 0.1) is 5.92 Å². The van der Waals surface area contributed by atoms with Crippen LogP contribution < -0.4 is 10.6 Å². The number of ether oxygens (including phenoxy) is 1. The Hall–Kier alpha value is -1.30. The summed E-state index contributed by atoms with van der Waals surface area (Å²) < 4.78 is 5.00. The van der Waals surface area contributed by atoms with Crippen molar-refractivity contribution in [1.82, 2.24) is 15.5 Å². The molecule has 118 valence electrons. The molecule has 0 saturated carbocycles. The molecule has 0 unspecified atom stereocenters. The van der Waals surface area contributed by atoms with Crippen LogP contribution in [0.5, 0.6) is 0 Å². The second-order valence-corrected chi connectivity index (χ2v) is 4.94. The predicted molar refractivity (Wildman–Crippen MR) is 82.9 cm³/mol. The van der Waals surface area contributed by atoms with Crippen LogP contribution in [0.4, 0.5) is 0 Å². The molecule has 0 heterocycles. The third-order valence-electron chi connectivity index (χ3n) is 3.18. The van der Waals surface area contributed by atoms with Crippen LogP contribution in [0.2, 0.25) is 0 Å². The Bertz CT molecular complexity index is 289. The van der Waals surface area contributed by atoms with Crippen molar-refractivity contribution in [1.29, 1.82) is 0 Å². The minimum Gasteiger partial charge on any atom is -0.383 e. The standard InChI is InChI=1S/C14H30N4O2/c1-6-12(7-2)10-16-14(15-8-9-20-5)17-11-13(19)18(3)4/h12H,6-11H2,1-5H3,(H2,15,16,17). The van der Waals surface area contributed by atoms with Crippen molar-refractivity contribution in [2.75, 3.05) is 47.4 Å². The molecule has 0 fully saturated rings. The predicted octanol–water partition coefficient (Wildman–Crippen LogP) is 0.692. The highest BCUT2D eigenvalue weighted by atomic mass is 16.5. The lowest BCUT2D eigenvalue weighted by molar-refractivity contribution is -0.127. The minimum absolute atomic E-state index is 0.0135. The molecule has 0 aliphatic rings. The Morgan fingerprint density at radius 1 is 1.25 bits per heavy atom. The fourth-order valence-electron chi connectivity index (χ4n) is 1.55. The second kappa shape index (κ2) is 11.5. The lowest BCUT2D eigenvalue weighted by Crippen LogP contribution is -2.41. The summed E-state index contributed by atoms with van der Waals surface area (Å²) in [5, 5.41) is 6.45. The molecule has 0 aromatic rings. The molecule has 0 aliphatic carbocycles. The highest BCUT2D eigenvalue weighted by Gasteiger charge is 2.07. The van der Waals surface area contributed by atoms with E-state index in [1.165, 1.54) is 4.90 Å². The van der Waals surface area contributed by atoms with Gasteiger partial charge < -0.3 is 20.3 Å². The number of rotatable bonds is 9. The second-order valence-electron chi connectivity index (χ2n) is 4.94. The molecule has 2 N–H and O–H groups in total. The number of guanidine groups is 1. The number of likely N-dealkylation sites (N-methyl/N-ethyl adjacent to an activating group) is 1. The molecule has 0 radical (unpaired) electrons. The maximum atomic E-state index is 11.6. The number of carbonyl (C=O) groups is 1. The molecule has 0 bridgehead atoms. The first-order valence-electron chi connectivity index (χ1n) is 7.26. The van der Waals surface area contributed by atoms with Crippen LogP contribution in [-0.2, 0) is 9.53 Å². The zero-order chi connectivity index (χ0) is 15.4. The Morgan fingerprint density at radius 2 is 1.90 bits per heavy atom. The van der Waals surface area contributed by atoms with Gasteiger partial charge in [0.25, 0.3) is 0 Å². The Labute approximate surface area is 123 Å². The van der Waals surface area contributed by atoms with Crippen LogP contribution in [0.3, 0.4) is 0 Å². The van der Waals surface area contributed by atoms with Gasteiger partial charge in [-0.05, 0) is 5.92 Å². The maximum absolute atomic E-state index is 11.6. The average Bonchev–Trinajstić information content (AvgIpc) is 2.44. The summed E-state index contributed by atoms with van der Waals surface area (Å²) in [6.07, 6.45) is 2.26. The summed E-state index contributed by atoms with van der Waals surface area (Å²) in [5.74, 6) is 1.28. The lowest BCUT2D eigenvalue weighted by Gasteiger charge is -2.17. The Morgan fingerprint density at radius 3 is 2.40 bits per heavy atom. The number of nitrogens with one attached hydrogen (secondary N) is 2. The summed E-state index contributed by atoms with van der Waals surface area (Å²) in [6.45, 7) is 6.65. The molecule has 6 nitrogen and oxygen atoms in total. The van der Waals surface area contributed by atoms with Crippen LogP contribution in [0.1, 0.15) is 26.7 Å². The van der Waals surface area contributed by atoms with Gasteiger partial charge in [0.05, 0.1) is 6.61 Å². The highest BCUT2D eigenvalue weighted by molar-refractivity contribution is 5.84. The van der Waals surface area contributed by atoms with Crippen LogP contribution in [0.15, 0.2) is 4.99 Å². The number of amides is 1. The van der Waals surface area contributed by atoms with Crippen LogP contribution >= 0.6 is 0 Å². The van der Waals surface area contributed by atoms with E-state index in [0.717, 1.165) is 19.4 Å². The first kappa shape index (κ1) is 18.7. The molecule has 0 aromatic heterocycles. The van der Waals surface area contributed by atoms with E-state index in [2.05, 4.69) is 29.5 Å². The number of methoxy groups -OCH3 is 1. The third-order valence-corrected chi connectivity index (χ3v) is 3.18. The van der Waals surface area contributed by atoms with Crippen molar-refractivity contribution in [3.05, 3.63) is 0 Å². The van der Waals surface area contributed by atoms with Gasteiger partial charge in [0.1, 0.15) is 6.54 Å². The number of hydrogen-bond donors (Lipinski definition) is 2. The van der Waals surface area contributed by atoms with Gasteiger partial charge in [0, 0.05) is 34.3 Å². The summed E-state index contributed by atoms with van der Waals surface area (Å²) in [7, 11) is 5.12. The Balaban J connectivity index is 4.38. The zero-order valence-corrected chi connectivity index (χ0v) is 13.5. The van der Waals surface area contributed by atoms with E-state index in [1.54, 1.807) is 21.2 Å². The number of carbonyl (C=O) groups excluding carboxylic acids is 1. The van der Waals surface area contributed by atoms with Crippen molar-refractivity contribution < 1.29 is 9.53 Å². The SMILES string of the molecule is CCC(CC)CNC(=NCC(=O)N(C)C)NCCOC. The topological polar surface area (TPSA) is 66.0 Å². The Kier molecular flexibility index (Phi) is 10.8. The number of hydrogen-bond acceptors (Lipinski definition) is 3. The molecule has 0 spiro atoms. The van der Waals surface area contributed by atoms with Gasteiger partial charge in [-0.15, -0.1) is 0 Å². The normalized spacial score (nSPS) is 11.6. The van der Waals surface area contributed by atoms with Gasteiger partial charge in [-0.2, -0.15) is 0 Å². The fourth-order valence-corrected chi connectivity index (χ4v) is 1.55. The monoisotopic (exact) mass is 286 g/mol. The van der Waals surface area contributed by atoms with Crippen molar-refractivity contribution >= 4 is 11.9 Å². The summed E-state index contributed by atoms with van der Waals surface area (Å²) in [6, 6.07) is 0. The number of nitrogens with zero attached hydrogens (tertiary/aromatic N) is 2. The van der Waals surface area contributed by atoms with E-state index in [1.807, 2.05) is 0 Å². The molecular formula is C14H30N4O2. The smallest absolute Gasteiger partial charge is 0.243 e. The molecule has 6 heteroatoms. The van der Waals surface area contributed by atoms with E-state index in [9.17, 15) is 4.79 Å². The quantitative estimate of drug-likeness (QED) is 0.372. The van der Waals surface area contributed by atoms with E-state index in [0.29, 0.717) is 25.0 Å². The highest BCUT2D eigenvalue weighted by Crippen LogP contribution is 2.04. The first-order valence-corrected chi connectivity index (χ1v) is 7.26. The molecule has 0 aromatic carbocycles. The van der Waals surface area contributed by atoms with E-state index in [-0.39, 0.29) is 12.5 Å². The fraction of sp³-hybridized carbons (Fsp3) is 0.857. The van der Waals surface area contributed by atoms with E-state index >= 15 is 0 Å². The van der Waals surface area contributed by atoms with Gasteiger partial charge in [-0.25, -0.2) is 4.99 Å². The van der Waals surface area contributed by atoms with Crippen LogP contribution in [0.25, 0.3) is 0 Å². The van der Waals surface area contributed by atoms with Gasteiger partial charge in [-0.1, -0.05) is 26.7 Å². The summed E-state index contributed by atoms with van der Waals surface area (Å²) >= 11 is 0. The summed E-state index contributed by atoms with van der Waals surface area (Å²) in [5.41, 5.74) is 0. The molecule has 20 heavy (non-hydrogen) atoms. The summed E-state index contributed by atoms with van der Waals surface area (Å²) in [4.78, 5) is 17.4. The molecule has 0 rings (SSSR count).